The predicted octanol–water partition coefficient (Wildman–Crippen LogP) is -8.25. The van der Waals surface area contributed by atoms with Crippen molar-refractivity contribution in [2.24, 2.45) is 0 Å². The van der Waals surface area contributed by atoms with Crippen LogP contribution in [0.1, 0.15) is 0 Å². The van der Waals surface area contributed by atoms with Gasteiger partial charge in [-0.05, 0) is 12.1 Å². The number of aliphatic hydroxyl groups excluding tert-OH is 2. The van der Waals surface area contributed by atoms with Gasteiger partial charge in [-0.1, -0.05) is 0 Å². The quantitative estimate of drug-likeness (QED) is 0.110. The summed E-state index contributed by atoms with van der Waals surface area (Å²) < 4.78 is 82.8. The van der Waals surface area contributed by atoms with Crippen molar-refractivity contribution < 1.29 is 118 Å². The van der Waals surface area contributed by atoms with E-state index < -0.39 is 63.0 Å². The molecule has 0 amide bonds. The van der Waals surface area contributed by atoms with E-state index >= 15 is 0 Å². The molecule has 0 radical (unpaired) electrons. The van der Waals surface area contributed by atoms with Crippen molar-refractivity contribution in [3.05, 3.63) is 34.4 Å². The smallest absolute Gasteiger partial charge is 0.726 e. The molecule has 0 aliphatic carbocycles. The van der Waals surface area contributed by atoms with Crippen LogP contribution in [0.3, 0.4) is 0 Å². The molecule has 1 aliphatic rings. The summed E-state index contributed by atoms with van der Waals surface area (Å²) in [5.74, 6) is -0.169. The number of nitro benzene ring substituents is 1. The SMILES string of the molecule is O=[N+]([O-])c1ccc(O[C@H]2O[C@H](COS(=O)(=O)[O-])[C@@H](O)[C@H](O)[C@H]2OS(=O)(=O)[O-])cc1.[Na+].[Na+]. The van der Waals surface area contributed by atoms with Crippen LogP contribution in [-0.4, -0.2) is 78.4 Å². The Hall–Kier alpha value is 0.0400. The maximum Gasteiger partial charge on any atom is 1.00 e. The Labute approximate surface area is 220 Å². The number of hydrogen-bond acceptors (Lipinski definition) is 14. The Morgan fingerprint density at radius 3 is 2.00 bits per heavy atom. The normalized spacial score (nSPS) is 26.3. The first kappa shape index (κ1) is 31.0. The summed E-state index contributed by atoms with van der Waals surface area (Å²) in [6.45, 7) is -1.08. The fourth-order valence-electron chi connectivity index (χ4n) is 2.31. The van der Waals surface area contributed by atoms with Gasteiger partial charge in [-0.25, -0.2) is 16.8 Å². The molecule has 0 spiro atoms. The summed E-state index contributed by atoms with van der Waals surface area (Å²) in [6, 6.07) is 4.15. The molecule has 1 heterocycles. The van der Waals surface area contributed by atoms with Gasteiger partial charge in [0.1, 0.15) is 24.1 Å². The molecule has 0 saturated carbocycles. The zero-order chi connectivity index (χ0) is 22.0. The monoisotopic (exact) mass is 505 g/mol. The molecule has 1 saturated heterocycles. The van der Waals surface area contributed by atoms with Gasteiger partial charge < -0.3 is 28.8 Å². The number of ether oxygens (including phenoxy) is 2. The minimum Gasteiger partial charge on any atom is -0.726 e. The number of non-ortho nitro benzene ring substituents is 1. The Morgan fingerprint density at radius 2 is 1.55 bits per heavy atom. The molecule has 1 aromatic rings. The van der Waals surface area contributed by atoms with Crippen LogP contribution >= 0.6 is 0 Å². The minimum atomic E-state index is -5.42. The van der Waals surface area contributed by atoms with E-state index in [-0.39, 0.29) is 70.6 Å². The molecular formula is C12H13NNa2O14S2. The second-order valence-electron chi connectivity index (χ2n) is 5.55. The topological polar surface area (TPSA) is 235 Å². The van der Waals surface area contributed by atoms with E-state index in [1.54, 1.807) is 0 Å². The molecule has 2 N–H and O–H groups in total. The van der Waals surface area contributed by atoms with E-state index in [0.29, 0.717) is 0 Å². The van der Waals surface area contributed by atoms with Gasteiger partial charge in [0.25, 0.3) is 5.69 Å². The van der Waals surface area contributed by atoms with Crippen LogP contribution in [0.25, 0.3) is 0 Å². The summed E-state index contributed by atoms with van der Waals surface area (Å²) >= 11 is 0. The Balaban J connectivity index is 0.00000450. The first-order valence-electron chi connectivity index (χ1n) is 7.44. The first-order valence-corrected chi connectivity index (χ1v) is 10.1. The molecule has 2 rings (SSSR count). The summed E-state index contributed by atoms with van der Waals surface area (Å²) in [5.41, 5.74) is -0.320. The average molecular weight is 505 g/mol. The molecule has 31 heavy (non-hydrogen) atoms. The van der Waals surface area contributed by atoms with E-state index in [4.69, 9.17) is 9.47 Å². The van der Waals surface area contributed by atoms with Gasteiger partial charge in [0.2, 0.25) is 27.1 Å². The van der Waals surface area contributed by atoms with Crippen LogP contribution in [0.4, 0.5) is 5.69 Å². The van der Waals surface area contributed by atoms with E-state index in [1.165, 1.54) is 0 Å². The van der Waals surface area contributed by atoms with E-state index in [2.05, 4.69) is 8.37 Å². The van der Waals surface area contributed by atoms with Crippen molar-refractivity contribution in [1.82, 2.24) is 0 Å². The molecule has 19 heteroatoms. The molecule has 15 nitrogen and oxygen atoms in total. The van der Waals surface area contributed by atoms with Crippen LogP contribution in [0, 0.1) is 10.1 Å². The van der Waals surface area contributed by atoms with Gasteiger partial charge in [0.15, 0.2) is 6.10 Å². The largest absolute Gasteiger partial charge is 1.00 e. The van der Waals surface area contributed by atoms with E-state index in [0.717, 1.165) is 24.3 Å². The van der Waals surface area contributed by atoms with Crippen molar-refractivity contribution >= 4 is 26.5 Å². The van der Waals surface area contributed by atoms with Crippen LogP contribution in [-0.2, 0) is 33.9 Å². The zero-order valence-corrected chi connectivity index (χ0v) is 21.6. The van der Waals surface area contributed by atoms with Crippen molar-refractivity contribution in [2.45, 2.75) is 30.7 Å². The second kappa shape index (κ2) is 12.5. The Kier molecular flexibility index (Phi) is 12.5. The van der Waals surface area contributed by atoms with Crippen LogP contribution in [0.2, 0.25) is 0 Å². The van der Waals surface area contributed by atoms with Gasteiger partial charge >= 0.3 is 59.1 Å². The molecule has 0 bridgehead atoms. The molecule has 1 fully saturated rings. The number of hydrogen-bond donors (Lipinski definition) is 2. The Bertz CT molecular complexity index is 939. The number of nitrogens with zero attached hydrogens (tertiary/aromatic N) is 1. The van der Waals surface area contributed by atoms with E-state index in [1.807, 2.05) is 0 Å². The minimum absolute atomic E-state index is 0. The summed E-state index contributed by atoms with van der Waals surface area (Å²) in [5, 5.41) is 30.6. The van der Waals surface area contributed by atoms with Crippen molar-refractivity contribution in [1.29, 1.82) is 0 Å². The molecule has 0 unspecified atom stereocenters. The standard InChI is InChI=1S/C12H15NO14S2.2Na/c14-9-8(5-24-28(18,19)20)26-12(11(10(9)15)27-29(21,22)23)25-7-3-1-6(2-4-7)13(16)17;;/h1-4,8-12,14-15H,5H2,(H,18,19,20)(H,21,22,23);;/q;2*+1/p-2/t8-,9-,10+,11-,12+;;/m1../s1. The molecule has 164 valence electrons. The number of aliphatic hydroxyl groups is 2. The maximum absolute atomic E-state index is 10.9. The number of rotatable bonds is 8. The van der Waals surface area contributed by atoms with Gasteiger partial charge in [-0.2, -0.15) is 0 Å². The molecule has 0 aromatic heterocycles. The van der Waals surface area contributed by atoms with Gasteiger partial charge in [0, 0.05) is 12.1 Å². The number of benzene rings is 1. The van der Waals surface area contributed by atoms with E-state index in [9.17, 15) is 46.3 Å². The average Bonchev–Trinajstić information content (AvgIpc) is 2.59. The maximum atomic E-state index is 10.9. The van der Waals surface area contributed by atoms with Crippen molar-refractivity contribution in [3.8, 4) is 5.75 Å². The van der Waals surface area contributed by atoms with Gasteiger partial charge in [-0.3, -0.25) is 18.5 Å². The second-order valence-corrected chi connectivity index (χ2v) is 7.62. The molecular weight excluding hydrogens is 492 g/mol. The van der Waals surface area contributed by atoms with Crippen LogP contribution < -0.4 is 63.9 Å². The summed E-state index contributed by atoms with van der Waals surface area (Å²) in [7, 11) is -10.6. The third kappa shape index (κ3) is 9.82. The van der Waals surface area contributed by atoms with Gasteiger partial charge in [0.05, 0.1) is 11.5 Å². The molecule has 1 aliphatic heterocycles. The van der Waals surface area contributed by atoms with Crippen LogP contribution in [0.5, 0.6) is 5.75 Å². The third-order valence-electron chi connectivity index (χ3n) is 3.55. The zero-order valence-electron chi connectivity index (χ0n) is 16.0. The van der Waals surface area contributed by atoms with Crippen molar-refractivity contribution in [3.63, 3.8) is 0 Å². The fraction of sp³-hybridized carbons (Fsp3) is 0.500. The summed E-state index contributed by atoms with van der Waals surface area (Å²) in [6.07, 6.45) is -9.95. The fourth-order valence-corrected chi connectivity index (χ4v) is 3.08. The van der Waals surface area contributed by atoms with Gasteiger partial charge in [-0.15, -0.1) is 0 Å². The number of nitro groups is 1. The molecule has 5 atom stereocenters. The summed E-state index contributed by atoms with van der Waals surface area (Å²) in [4.78, 5) is 9.94. The van der Waals surface area contributed by atoms with Crippen LogP contribution in [0.15, 0.2) is 24.3 Å². The molecule has 1 aromatic carbocycles. The Morgan fingerprint density at radius 1 is 1.00 bits per heavy atom. The third-order valence-corrected chi connectivity index (χ3v) is 4.43. The predicted molar refractivity (Wildman–Crippen MR) is 84.6 cm³/mol. The first-order chi connectivity index (χ1) is 13.3. The van der Waals surface area contributed by atoms with Crippen molar-refractivity contribution in [2.75, 3.05) is 6.61 Å².